The van der Waals surface area contributed by atoms with Gasteiger partial charge in [-0.05, 0) is 40.2 Å². The molecule has 2 aromatic carbocycles. The van der Waals surface area contributed by atoms with Crippen LogP contribution in [-0.2, 0) is 0 Å². The van der Waals surface area contributed by atoms with Crippen LogP contribution in [0.3, 0.4) is 0 Å². The molecule has 6 heteroatoms. The molecule has 2 rings (SSSR count). The molecule has 2 aromatic rings. The van der Waals surface area contributed by atoms with E-state index in [0.717, 1.165) is 0 Å². The summed E-state index contributed by atoms with van der Waals surface area (Å²) in [5.41, 5.74) is 2.86. The number of carbonyl (C=O) groups excluding carboxylic acids is 1. The van der Waals surface area contributed by atoms with Gasteiger partial charge in [-0.2, -0.15) is 5.10 Å². The van der Waals surface area contributed by atoms with Gasteiger partial charge in [-0.1, -0.05) is 18.2 Å². The number of halogens is 1. The average Bonchev–Trinajstić information content (AvgIpc) is 2.42. The third-order valence-corrected chi connectivity index (χ3v) is 3.23. The van der Waals surface area contributed by atoms with Crippen molar-refractivity contribution in [1.29, 1.82) is 0 Å². The molecule has 20 heavy (non-hydrogen) atoms. The van der Waals surface area contributed by atoms with Gasteiger partial charge in [0.1, 0.15) is 11.5 Å². The zero-order chi connectivity index (χ0) is 14.5. The van der Waals surface area contributed by atoms with Crippen LogP contribution in [0.2, 0.25) is 0 Å². The Bertz CT molecular complexity index is 651. The first-order chi connectivity index (χ1) is 9.59. The van der Waals surface area contributed by atoms with E-state index in [9.17, 15) is 15.0 Å². The molecular formula is C14H11BrN2O3. The molecular weight excluding hydrogens is 324 g/mol. The van der Waals surface area contributed by atoms with Crippen LogP contribution < -0.4 is 5.43 Å². The van der Waals surface area contributed by atoms with Crippen LogP contribution in [0.15, 0.2) is 52.0 Å². The smallest absolute Gasteiger partial charge is 0.275 e. The Morgan fingerprint density at radius 2 is 1.80 bits per heavy atom. The molecule has 0 saturated heterocycles. The first kappa shape index (κ1) is 14.1. The van der Waals surface area contributed by atoms with Crippen LogP contribution in [0, 0.1) is 0 Å². The van der Waals surface area contributed by atoms with Gasteiger partial charge in [0, 0.05) is 4.47 Å². The van der Waals surface area contributed by atoms with Crippen LogP contribution in [-0.4, -0.2) is 22.3 Å². The Labute approximate surface area is 123 Å². The molecule has 0 saturated carbocycles. The molecule has 0 aliphatic carbocycles. The summed E-state index contributed by atoms with van der Waals surface area (Å²) in [6.07, 6.45) is 1.32. The van der Waals surface area contributed by atoms with E-state index in [2.05, 4.69) is 26.5 Å². The van der Waals surface area contributed by atoms with Crippen LogP contribution in [0.4, 0.5) is 0 Å². The van der Waals surface area contributed by atoms with E-state index >= 15 is 0 Å². The molecule has 0 heterocycles. The highest BCUT2D eigenvalue weighted by atomic mass is 79.9. The van der Waals surface area contributed by atoms with Crippen molar-refractivity contribution in [3.05, 3.63) is 58.1 Å². The maximum Gasteiger partial charge on any atom is 0.275 e. The Morgan fingerprint density at radius 1 is 1.10 bits per heavy atom. The zero-order valence-corrected chi connectivity index (χ0v) is 11.8. The summed E-state index contributed by atoms with van der Waals surface area (Å²) in [7, 11) is 0. The number of aromatic hydroxyl groups is 2. The van der Waals surface area contributed by atoms with Crippen LogP contribution in [0.5, 0.6) is 11.5 Å². The second kappa shape index (κ2) is 6.21. The molecule has 0 spiro atoms. The monoisotopic (exact) mass is 334 g/mol. The van der Waals surface area contributed by atoms with Gasteiger partial charge in [0.15, 0.2) is 0 Å². The Kier molecular flexibility index (Phi) is 4.37. The van der Waals surface area contributed by atoms with Crippen molar-refractivity contribution in [2.75, 3.05) is 0 Å². The molecule has 0 aromatic heterocycles. The third-order valence-electron chi connectivity index (χ3n) is 2.54. The Morgan fingerprint density at radius 3 is 2.50 bits per heavy atom. The van der Waals surface area contributed by atoms with Gasteiger partial charge in [0.25, 0.3) is 5.91 Å². The van der Waals surface area contributed by atoms with Gasteiger partial charge in [-0.15, -0.1) is 0 Å². The van der Waals surface area contributed by atoms with E-state index in [1.807, 2.05) is 0 Å². The van der Waals surface area contributed by atoms with Gasteiger partial charge in [-0.25, -0.2) is 5.43 Å². The van der Waals surface area contributed by atoms with Gasteiger partial charge < -0.3 is 10.2 Å². The van der Waals surface area contributed by atoms with Gasteiger partial charge >= 0.3 is 0 Å². The lowest BCUT2D eigenvalue weighted by Crippen LogP contribution is -2.17. The van der Waals surface area contributed by atoms with Crippen molar-refractivity contribution < 1.29 is 15.0 Å². The van der Waals surface area contributed by atoms with Gasteiger partial charge in [-0.3, -0.25) is 4.79 Å². The number of benzene rings is 2. The number of hydrogen-bond acceptors (Lipinski definition) is 4. The standard InChI is InChI=1S/C14H11BrN2O3/c15-11-5-3-7-13(19)10(11)8-16-17-14(20)9-4-1-2-6-12(9)18/h1-8,18-19H,(H,17,20)/b16-8-. The number of amides is 1. The number of hydrazone groups is 1. The lowest BCUT2D eigenvalue weighted by Gasteiger charge is -2.03. The Balaban J connectivity index is 2.11. The third kappa shape index (κ3) is 3.16. The molecule has 5 nitrogen and oxygen atoms in total. The molecule has 1 amide bonds. The lowest BCUT2D eigenvalue weighted by atomic mass is 10.2. The number of rotatable bonds is 3. The average molecular weight is 335 g/mol. The molecule has 0 aliphatic rings. The fourth-order valence-electron chi connectivity index (χ4n) is 1.53. The molecule has 0 fully saturated rings. The summed E-state index contributed by atoms with van der Waals surface area (Å²) in [6.45, 7) is 0. The molecule has 0 atom stereocenters. The van der Waals surface area contributed by atoms with Crippen molar-refractivity contribution in [2.45, 2.75) is 0 Å². The number of para-hydroxylation sites is 1. The maximum atomic E-state index is 11.8. The zero-order valence-electron chi connectivity index (χ0n) is 10.2. The van der Waals surface area contributed by atoms with Crippen LogP contribution in [0.25, 0.3) is 0 Å². The van der Waals surface area contributed by atoms with E-state index in [0.29, 0.717) is 10.0 Å². The highest BCUT2D eigenvalue weighted by molar-refractivity contribution is 9.10. The van der Waals surface area contributed by atoms with Gasteiger partial charge in [0.05, 0.1) is 17.3 Å². The largest absolute Gasteiger partial charge is 0.507 e. The summed E-state index contributed by atoms with van der Waals surface area (Å²) >= 11 is 3.27. The predicted octanol–water partition coefficient (Wildman–Crippen LogP) is 2.62. The van der Waals surface area contributed by atoms with Crippen LogP contribution in [0.1, 0.15) is 15.9 Å². The number of nitrogens with one attached hydrogen (secondary N) is 1. The van der Waals surface area contributed by atoms with E-state index in [-0.39, 0.29) is 17.1 Å². The number of phenols is 2. The second-order valence-corrected chi connectivity index (χ2v) is 4.74. The normalized spacial score (nSPS) is 10.7. The van der Waals surface area contributed by atoms with Crippen molar-refractivity contribution >= 4 is 28.1 Å². The number of phenolic OH excluding ortho intramolecular Hbond substituents is 2. The number of nitrogens with zero attached hydrogens (tertiary/aromatic N) is 1. The maximum absolute atomic E-state index is 11.8. The van der Waals surface area contributed by atoms with Crippen molar-refractivity contribution in [3.63, 3.8) is 0 Å². The lowest BCUT2D eigenvalue weighted by molar-refractivity contribution is 0.0952. The second-order valence-electron chi connectivity index (χ2n) is 3.89. The SMILES string of the molecule is O=C(N/N=C\c1c(O)cccc1Br)c1ccccc1O. The number of carbonyl (C=O) groups is 1. The van der Waals surface area contributed by atoms with Gasteiger partial charge in [0.2, 0.25) is 0 Å². The molecule has 0 radical (unpaired) electrons. The molecule has 102 valence electrons. The predicted molar refractivity (Wildman–Crippen MR) is 79.0 cm³/mol. The van der Waals surface area contributed by atoms with Crippen molar-refractivity contribution in [2.24, 2.45) is 5.10 Å². The van der Waals surface area contributed by atoms with Crippen molar-refractivity contribution in [3.8, 4) is 11.5 Å². The Hall–Kier alpha value is -2.34. The highest BCUT2D eigenvalue weighted by Crippen LogP contribution is 2.23. The van der Waals surface area contributed by atoms with E-state index in [1.165, 1.54) is 24.4 Å². The number of hydrogen-bond donors (Lipinski definition) is 3. The summed E-state index contributed by atoms with van der Waals surface area (Å²) in [5, 5.41) is 22.9. The minimum absolute atomic E-state index is 0.0416. The minimum atomic E-state index is -0.536. The summed E-state index contributed by atoms with van der Waals surface area (Å²) in [5.74, 6) is -0.616. The van der Waals surface area contributed by atoms with E-state index in [1.54, 1.807) is 24.3 Å². The fourth-order valence-corrected chi connectivity index (χ4v) is 1.99. The van der Waals surface area contributed by atoms with E-state index < -0.39 is 5.91 Å². The van der Waals surface area contributed by atoms with Crippen molar-refractivity contribution in [1.82, 2.24) is 5.43 Å². The highest BCUT2D eigenvalue weighted by Gasteiger charge is 2.09. The molecule has 3 N–H and O–H groups in total. The summed E-state index contributed by atoms with van der Waals surface area (Å²) in [6, 6.07) is 11.1. The van der Waals surface area contributed by atoms with E-state index in [4.69, 9.17) is 0 Å². The molecule has 0 aliphatic heterocycles. The minimum Gasteiger partial charge on any atom is -0.507 e. The summed E-state index contributed by atoms with van der Waals surface area (Å²) < 4.78 is 0.651. The van der Waals surface area contributed by atoms with Crippen LogP contribution >= 0.6 is 15.9 Å². The first-order valence-electron chi connectivity index (χ1n) is 5.68. The summed E-state index contributed by atoms with van der Waals surface area (Å²) in [4.78, 5) is 11.8. The molecule has 0 bridgehead atoms. The first-order valence-corrected chi connectivity index (χ1v) is 6.48. The topological polar surface area (TPSA) is 81.9 Å². The quantitative estimate of drug-likeness (QED) is 0.596. The molecule has 0 unspecified atom stereocenters. The fraction of sp³-hybridized carbons (Fsp3) is 0.